The van der Waals surface area contributed by atoms with Crippen LogP contribution in [0.25, 0.3) is 6.08 Å². The van der Waals surface area contributed by atoms with Crippen molar-refractivity contribution >= 4 is 70.8 Å². The normalized spacial score (nSPS) is 18.1. The number of aromatic nitrogens is 2. The summed E-state index contributed by atoms with van der Waals surface area (Å²) in [7, 11) is 0.620. The van der Waals surface area contributed by atoms with Crippen molar-refractivity contribution in [2.75, 3.05) is 6.16 Å². The van der Waals surface area contributed by atoms with Crippen molar-refractivity contribution in [2.45, 2.75) is 3.79 Å². The molecule has 1 aromatic rings. The largest absolute Gasteiger partial charge is 0.338 e. The van der Waals surface area contributed by atoms with Crippen LogP contribution < -0.4 is 5.44 Å². The third kappa shape index (κ3) is 2.28. The second-order valence-corrected chi connectivity index (χ2v) is 7.27. The molecule has 1 atom stereocenters. The molecular weight excluding hydrogens is 329 g/mol. The number of hydrogen-bond donors (Lipinski definition) is 1. The van der Waals surface area contributed by atoms with Crippen molar-refractivity contribution in [3.63, 3.8) is 0 Å². The van der Waals surface area contributed by atoms with Crippen LogP contribution in [-0.4, -0.2) is 16.1 Å². The lowest BCUT2D eigenvalue weighted by molar-refractivity contribution is 1.03. The first-order valence-electron chi connectivity index (χ1n) is 3.74. The van der Waals surface area contributed by atoms with Crippen LogP contribution in [0.5, 0.6) is 0 Å². The van der Waals surface area contributed by atoms with Gasteiger partial charge in [0.1, 0.15) is 0 Å². The van der Waals surface area contributed by atoms with Crippen molar-refractivity contribution < 1.29 is 0 Å². The summed E-state index contributed by atoms with van der Waals surface area (Å²) in [4.78, 5) is 7.25. The van der Waals surface area contributed by atoms with Gasteiger partial charge in [0.25, 0.3) is 0 Å². The Morgan fingerprint density at radius 3 is 2.86 bits per heavy atom. The van der Waals surface area contributed by atoms with E-state index in [0.717, 1.165) is 21.8 Å². The number of nitrogens with one attached hydrogen (secondary N) is 1. The highest BCUT2D eigenvalue weighted by Crippen LogP contribution is 2.37. The average Bonchev–Trinajstić information content (AvgIpc) is 2.45. The molecule has 0 aliphatic carbocycles. The molecule has 0 fully saturated rings. The van der Waals surface area contributed by atoms with Crippen molar-refractivity contribution in [1.29, 1.82) is 0 Å². The van der Waals surface area contributed by atoms with Gasteiger partial charge in [-0.3, -0.25) is 0 Å². The van der Waals surface area contributed by atoms with E-state index >= 15 is 0 Å². The summed E-state index contributed by atoms with van der Waals surface area (Å²) >= 11 is 20.6. The van der Waals surface area contributed by atoms with E-state index in [1.807, 2.05) is 6.08 Å². The smallest absolute Gasteiger partial charge is 0.248 e. The number of alkyl halides is 3. The lowest BCUT2D eigenvalue weighted by atomic mass is 10.4. The van der Waals surface area contributed by atoms with Gasteiger partial charge in [0, 0.05) is 10.6 Å². The Kier molecular flexibility index (Phi) is 3.17. The molecule has 0 saturated carbocycles. The molecule has 0 bridgehead atoms. The van der Waals surface area contributed by atoms with E-state index < -0.39 is 3.79 Å². The molecule has 2 nitrogen and oxygen atoms in total. The molecule has 1 aromatic heterocycles. The van der Waals surface area contributed by atoms with E-state index in [2.05, 4.69) is 25.9 Å². The Morgan fingerprint density at radius 2 is 2.21 bits per heavy atom. The van der Waals surface area contributed by atoms with E-state index in [9.17, 15) is 0 Å². The molecule has 1 N–H and O–H groups in total. The zero-order chi connectivity index (χ0) is 10.3. The van der Waals surface area contributed by atoms with Gasteiger partial charge < -0.3 is 4.98 Å². The number of rotatable bonds is 0. The minimum atomic E-state index is -1.47. The number of hydrogen-bond acceptors (Lipinski definition) is 1. The van der Waals surface area contributed by atoms with Crippen molar-refractivity contribution in [3.8, 4) is 0 Å². The highest BCUT2D eigenvalue weighted by atomic mass is 79.9. The monoisotopic (exact) mass is 332 g/mol. The second kappa shape index (κ2) is 3.95. The summed E-state index contributed by atoms with van der Waals surface area (Å²) in [5, 5.41) is 0. The third-order valence-electron chi connectivity index (χ3n) is 1.73. The molecule has 2 rings (SSSR count). The van der Waals surface area contributed by atoms with Gasteiger partial charge in [-0.2, -0.15) is 0 Å². The molecular formula is C7H5BrCl3N2P. The fourth-order valence-electron chi connectivity index (χ4n) is 1.14. The van der Waals surface area contributed by atoms with Crippen LogP contribution in [0.2, 0.25) is 0 Å². The predicted molar refractivity (Wildman–Crippen MR) is 67.5 cm³/mol. The van der Waals surface area contributed by atoms with E-state index in [-0.39, 0.29) is 0 Å². The van der Waals surface area contributed by atoms with Gasteiger partial charge in [-0.1, -0.05) is 59.3 Å². The molecule has 0 radical (unpaired) electrons. The van der Waals surface area contributed by atoms with Crippen molar-refractivity contribution in [2.24, 2.45) is 0 Å². The van der Waals surface area contributed by atoms with E-state index in [1.165, 1.54) is 0 Å². The Hall–Kier alpha value is 0.730. The molecule has 0 saturated heterocycles. The molecule has 7 heteroatoms. The molecule has 0 aromatic carbocycles. The number of imidazole rings is 1. The van der Waals surface area contributed by atoms with Crippen LogP contribution in [0.4, 0.5) is 0 Å². The first-order chi connectivity index (χ1) is 6.47. The number of aromatic amines is 1. The number of fused-ring (bicyclic) bond motifs is 1. The lowest BCUT2D eigenvalue weighted by Crippen LogP contribution is -2.07. The summed E-state index contributed by atoms with van der Waals surface area (Å²) in [6.45, 7) is 0. The van der Waals surface area contributed by atoms with Crippen LogP contribution in [0.3, 0.4) is 0 Å². The summed E-state index contributed by atoms with van der Waals surface area (Å²) in [6.07, 6.45) is 2.94. The van der Waals surface area contributed by atoms with Gasteiger partial charge in [-0.05, 0) is 6.08 Å². The number of allylic oxidation sites excluding steroid dienone is 1. The standard InChI is InChI=1S/C7H5BrCl3N2P/c8-3-1-4-5(14-2-3)13-6(12-4)7(9,10)11/h1,14H,2H2,(H,12,13). The van der Waals surface area contributed by atoms with Gasteiger partial charge in [-0.15, -0.1) is 0 Å². The predicted octanol–water partition coefficient (Wildman–Crippen LogP) is 3.29. The Balaban J connectivity index is 2.43. The van der Waals surface area contributed by atoms with E-state index in [4.69, 9.17) is 34.8 Å². The van der Waals surface area contributed by atoms with Crippen LogP contribution >= 0.6 is 59.3 Å². The molecule has 1 unspecified atom stereocenters. The van der Waals surface area contributed by atoms with Gasteiger partial charge in [0.05, 0.1) is 11.1 Å². The highest BCUT2D eigenvalue weighted by Gasteiger charge is 2.28. The number of halogens is 4. The zero-order valence-corrected chi connectivity index (χ0v) is 11.6. The molecule has 14 heavy (non-hydrogen) atoms. The quantitative estimate of drug-likeness (QED) is 0.572. The maximum Gasteiger partial charge on any atom is 0.248 e. The van der Waals surface area contributed by atoms with Crippen LogP contribution in [0, 0.1) is 0 Å². The summed E-state index contributed by atoms with van der Waals surface area (Å²) in [6, 6.07) is 0. The molecule has 0 spiro atoms. The minimum Gasteiger partial charge on any atom is -0.338 e. The van der Waals surface area contributed by atoms with Crippen molar-refractivity contribution in [3.05, 3.63) is 16.0 Å². The molecule has 2 heterocycles. The van der Waals surface area contributed by atoms with E-state index in [0.29, 0.717) is 14.4 Å². The SMILES string of the molecule is ClC(Cl)(Cl)c1nc2c([nH]1)C=C(Br)CP2. The van der Waals surface area contributed by atoms with Gasteiger partial charge in [0.2, 0.25) is 3.79 Å². The first-order valence-corrected chi connectivity index (χ1v) is 6.87. The number of H-pyrrole nitrogens is 1. The van der Waals surface area contributed by atoms with Crippen molar-refractivity contribution in [1.82, 2.24) is 9.97 Å². The van der Waals surface area contributed by atoms with Gasteiger partial charge >= 0.3 is 0 Å². The summed E-state index contributed by atoms with van der Waals surface area (Å²) in [5.74, 6) is 0.387. The lowest BCUT2D eigenvalue weighted by Gasteiger charge is -2.05. The molecule has 1 aliphatic rings. The summed E-state index contributed by atoms with van der Waals surface area (Å²) < 4.78 is -0.329. The van der Waals surface area contributed by atoms with Gasteiger partial charge in [0.15, 0.2) is 5.82 Å². The average molecular weight is 334 g/mol. The Labute approximate surface area is 106 Å². The third-order valence-corrected chi connectivity index (χ3v) is 4.56. The molecule has 76 valence electrons. The highest BCUT2D eigenvalue weighted by molar-refractivity contribution is 9.12. The first kappa shape index (κ1) is 11.2. The molecule has 0 amide bonds. The van der Waals surface area contributed by atoms with Crippen LogP contribution in [0.15, 0.2) is 4.48 Å². The van der Waals surface area contributed by atoms with Crippen LogP contribution in [0.1, 0.15) is 11.5 Å². The van der Waals surface area contributed by atoms with Crippen LogP contribution in [-0.2, 0) is 3.79 Å². The fourth-order valence-corrected chi connectivity index (χ4v) is 3.01. The number of nitrogens with zero attached hydrogens (tertiary/aromatic N) is 1. The fraction of sp³-hybridized carbons (Fsp3) is 0.286. The maximum absolute atomic E-state index is 5.72. The topological polar surface area (TPSA) is 28.7 Å². The zero-order valence-electron chi connectivity index (χ0n) is 6.74. The molecule has 1 aliphatic heterocycles. The van der Waals surface area contributed by atoms with Gasteiger partial charge in [-0.25, -0.2) is 4.98 Å². The maximum atomic E-state index is 5.72. The van der Waals surface area contributed by atoms with E-state index in [1.54, 1.807) is 0 Å². The summed E-state index contributed by atoms with van der Waals surface area (Å²) in [5.41, 5.74) is 1.91. The minimum absolute atomic E-state index is 0.387. The Morgan fingerprint density at radius 1 is 1.50 bits per heavy atom. The second-order valence-electron chi connectivity index (χ2n) is 2.79. The Bertz CT molecular complexity index is 396.